The molecule has 142 valence electrons. The van der Waals surface area contributed by atoms with Crippen molar-refractivity contribution < 1.29 is 4.79 Å². The molecule has 2 aromatic heterocycles. The molecule has 4 rings (SSSR count). The molecule has 1 amide bonds. The number of rotatable bonds is 4. The number of anilines is 1. The number of thiophene rings is 1. The van der Waals surface area contributed by atoms with Crippen LogP contribution in [0.2, 0.25) is 0 Å². The number of benzene rings is 2. The second kappa shape index (κ2) is 7.70. The molecule has 0 saturated carbocycles. The lowest BCUT2D eigenvalue weighted by Crippen LogP contribution is -2.28. The van der Waals surface area contributed by atoms with E-state index in [0.29, 0.717) is 21.5 Å². The molecule has 0 spiro atoms. The molecule has 0 bridgehead atoms. The van der Waals surface area contributed by atoms with E-state index < -0.39 is 5.91 Å². The van der Waals surface area contributed by atoms with E-state index in [9.17, 15) is 9.59 Å². The van der Waals surface area contributed by atoms with Gasteiger partial charge < -0.3 is 5.32 Å². The van der Waals surface area contributed by atoms with Crippen molar-refractivity contribution in [3.63, 3.8) is 0 Å². The van der Waals surface area contributed by atoms with Crippen LogP contribution in [0.4, 0.5) is 5.69 Å². The fourth-order valence-electron chi connectivity index (χ4n) is 3.24. The number of carbonyl (C=O) groups excluding carboxylic acids is 1. The second-order valence-electron chi connectivity index (χ2n) is 6.46. The van der Waals surface area contributed by atoms with Gasteiger partial charge in [-0.25, -0.2) is 4.98 Å². The van der Waals surface area contributed by atoms with Crippen LogP contribution in [0.3, 0.4) is 0 Å². The Morgan fingerprint density at radius 1 is 1.17 bits per heavy atom. The zero-order valence-corrected chi connectivity index (χ0v) is 16.4. The van der Waals surface area contributed by atoms with Gasteiger partial charge in [-0.05, 0) is 24.6 Å². The lowest BCUT2D eigenvalue weighted by molar-refractivity contribution is -0.116. The molecule has 0 fully saturated rings. The number of fused-ring (bicyclic) bond motifs is 1. The van der Waals surface area contributed by atoms with Gasteiger partial charge in [-0.3, -0.25) is 14.2 Å². The van der Waals surface area contributed by atoms with E-state index in [1.165, 1.54) is 22.2 Å². The van der Waals surface area contributed by atoms with Crippen LogP contribution in [0.5, 0.6) is 0 Å². The standard InChI is InChI=1S/C22H16N4O2S/c1-14-19(15-7-3-2-4-8-15)20-21(29-14)24-13-26(22(20)28)12-18(27)25-17-10-6-5-9-16(17)11-23/h2-10,13H,12H2,1H3,(H,25,27). The monoisotopic (exact) mass is 400 g/mol. The van der Waals surface area contributed by atoms with Crippen molar-refractivity contribution >= 4 is 33.1 Å². The van der Waals surface area contributed by atoms with E-state index in [1.807, 2.05) is 43.3 Å². The van der Waals surface area contributed by atoms with Gasteiger partial charge in [0.2, 0.25) is 5.91 Å². The third-order valence-corrected chi connectivity index (χ3v) is 5.57. The average Bonchev–Trinajstić information content (AvgIpc) is 3.08. The Labute approximate surface area is 170 Å². The molecule has 0 aliphatic rings. The number of hydrogen-bond donors (Lipinski definition) is 1. The summed E-state index contributed by atoms with van der Waals surface area (Å²) in [5.41, 5.74) is 2.31. The molecule has 2 aromatic carbocycles. The highest BCUT2D eigenvalue weighted by Crippen LogP contribution is 2.35. The highest BCUT2D eigenvalue weighted by molar-refractivity contribution is 7.19. The smallest absolute Gasteiger partial charge is 0.263 e. The largest absolute Gasteiger partial charge is 0.323 e. The first-order valence-corrected chi connectivity index (χ1v) is 9.73. The molecule has 0 aliphatic heterocycles. The summed E-state index contributed by atoms with van der Waals surface area (Å²) in [6.07, 6.45) is 1.39. The minimum atomic E-state index is -0.399. The van der Waals surface area contributed by atoms with Gasteiger partial charge in [-0.2, -0.15) is 5.26 Å². The van der Waals surface area contributed by atoms with E-state index in [0.717, 1.165) is 16.0 Å². The number of aryl methyl sites for hydroxylation is 1. The van der Waals surface area contributed by atoms with E-state index in [2.05, 4.69) is 10.3 Å². The lowest BCUT2D eigenvalue weighted by Gasteiger charge is -2.09. The zero-order valence-electron chi connectivity index (χ0n) is 15.5. The summed E-state index contributed by atoms with van der Waals surface area (Å²) >= 11 is 1.46. The molecular formula is C22H16N4O2S. The fourth-order valence-corrected chi connectivity index (χ4v) is 4.24. The number of para-hydroxylation sites is 1. The minimum Gasteiger partial charge on any atom is -0.323 e. The van der Waals surface area contributed by atoms with Gasteiger partial charge >= 0.3 is 0 Å². The van der Waals surface area contributed by atoms with E-state index >= 15 is 0 Å². The quantitative estimate of drug-likeness (QED) is 0.562. The summed E-state index contributed by atoms with van der Waals surface area (Å²) in [6.45, 7) is 1.77. The van der Waals surface area contributed by atoms with Crippen molar-refractivity contribution in [3.05, 3.63) is 81.7 Å². The SMILES string of the molecule is Cc1sc2ncn(CC(=O)Nc3ccccc3C#N)c(=O)c2c1-c1ccccc1. The highest BCUT2D eigenvalue weighted by atomic mass is 32.1. The number of nitrogens with zero attached hydrogens (tertiary/aromatic N) is 3. The van der Waals surface area contributed by atoms with Crippen molar-refractivity contribution in [1.82, 2.24) is 9.55 Å². The Morgan fingerprint density at radius 3 is 2.66 bits per heavy atom. The molecule has 1 N–H and O–H groups in total. The molecule has 0 atom stereocenters. The van der Waals surface area contributed by atoms with E-state index in [1.54, 1.807) is 24.3 Å². The predicted molar refractivity (Wildman–Crippen MR) is 114 cm³/mol. The molecule has 2 heterocycles. The van der Waals surface area contributed by atoms with E-state index in [4.69, 9.17) is 5.26 Å². The number of nitrogens with one attached hydrogen (secondary N) is 1. The normalized spacial score (nSPS) is 10.6. The predicted octanol–water partition coefficient (Wildman–Crippen LogP) is 3.94. The maximum atomic E-state index is 13.1. The summed E-state index contributed by atoms with van der Waals surface area (Å²) in [4.78, 5) is 31.7. The van der Waals surface area contributed by atoms with Crippen LogP contribution >= 0.6 is 11.3 Å². The zero-order chi connectivity index (χ0) is 20.4. The Balaban J connectivity index is 1.70. The van der Waals surface area contributed by atoms with Crippen molar-refractivity contribution in [2.45, 2.75) is 13.5 Å². The number of nitriles is 1. The molecular weight excluding hydrogens is 384 g/mol. The first-order chi connectivity index (χ1) is 14.1. The van der Waals surface area contributed by atoms with Gasteiger partial charge in [0, 0.05) is 10.4 Å². The summed E-state index contributed by atoms with van der Waals surface area (Å²) in [7, 11) is 0. The summed E-state index contributed by atoms with van der Waals surface area (Å²) in [6, 6.07) is 18.4. The van der Waals surface area contributed by atoms with Crippen molar-refractivity contribution in [2.75, 3.05) is 5.32 Å². The molecule has 29 heavy (non-hydrogen) atoms. The highest BCUT2D eigenvalue weighted by Gasteiger charge is 2.18. The Morgan fingerprint density at radius 2 is 1.90 bits per heavy atom. The lowest BCUT2D eigenvalue weighted by atomic mass is 10.0. The topological polar surface area (TPSA) is 87.8 Å². The second-order valence-corrected chi connectivity index (χ2v) is 7.67. The Kier molecular flexibility index (Phi) is 4.94. The van der Waals surface area contributed by atoms with Crippen LogP contribution in [0.25, 0.3) is 21.3 Å². The van der Waals surface area contributed by atoms with Gasteiger partial charge in [0.1, 0.15) is 17.4 Å². The van der Waals surface area contributed by atoms with Crippen LogP contribution in [0, 0.1) is 18.3 Å². The van der Waals surface area contributed by atoms with Gasteiger partial charge in [0.05, 0.1) is 23.0 Å². The van der Waals surface area contributed by atoms with Gasteiger partial charge in [-0.15, -0.1) is 11.3 Å². The van der Waals surface area contributed by atoms with Crippen molar-refractivity contribution in [2.24, 2.45) is 0 Å². The first-order valence-electron chi connectivity index (χ1n) is 8.91. The maximum Gasteiger partial charge on any atom is 0.263 e. The Bertz CT molecular complexity index is 1320. The molecule has 0 aliphatic carbocycles. The molecule has 6 nitrogen and oxygen atoms in total. The van der Waals surface area contributed by atoms with Crippen LogP contribution in [-0.4, -0.2) is 15.5 Å². The number of aromatic nitrogens is 2. The number of amides is 1. The molecule has 0 saturated heterocycles. The average molecular weight is 400 g/mol. The van der Waals surface area contributed by atoms with Crippen LogP contribution in [0.1, 0.15) is 10.4 Å². The Hall–Kier alpha value is -3.76. The van der Waals surface area contributed by atoms with Crippen LogP contribution in [-0.2, 0) is 11.3 Å². The summed E-state index contributed by atoms with van der Waals surface area (Å²) in [5, 5.41) is 12.4. The summed E-state index contributed by atoms with van der Waals surface area (Å²) < 4.78 is 1.30. The first kappa shape index (κ1) is 18.6. The minimum absolute atomic E-state index is 0.190. The van der Waals surface area contributed by atoms with Crippen LogP contribution in [0.15, 0.2) is 65.7 Å². The van der Waals surface area contributed by atoms with Gasteiger partial charge in [0.25, 0.3) is 5.56 Å². The molecule has 4 aromatic rings. The van der Waals surface area contributed by atoms with Crippen molar-refractivity contribution in [1.29, 1.82) is 5.26 Å². The molecule has 7 heteroatoms. The summed E-state index contributed by atoms with van der Waals surface area (Å²) in [5.74, 6) is -0.399. The van der Waals surface area contributed by atoms with E-state index in [-0.39, 0.29) is 12.1 Å². The third-order valence-electron chi connectivity index (χ3n) is 4.55. The molecule has 0 radical (unpaired) electrons. The fraction of sp³-hybridized carbons (Fsp3) is 0.0909. The third kappa shape index (κ3) is 3.53. The number of hydrogen-bond acceptors (Lipinski definition) is 5. The maximum absolute atomic E-state index is 13.1. The van der Waals surface area contributed by atoms with Gasteiger partial charge in [-0.1, -0.05) is 42.5 Å². The van der Waals surface area contributed by atoms with Gasteiger partial charge in [0.15, 0.2) is 0 Å². The van der Waals surface area contributed by atoms with Crippen molar-refractivity contribution in [3.8, 4) is 17.2 Å². The number of carbonyl (C=O) groups is 1. The van der Waals surface area contributed by atoms with Crippen LogP contribution < -0.4 is 10.9 Å². The molecule has 0 unspecified atom stereocenters.